The molecule has 3 aromatic rings. The molecular weight excluding hydrogens is 284 g/mol. The summed E-state index contributed by atoms with van der Waals surface area (Å²) in [6.45, 7) is 4.37. The molecule has 1 aromatic heterocycles. The molecule has 0 bridgehead atoms. The molecule has 0 saturated heterocycles. The van der Waals surface area contributed by atoms with Crippen LogP contribution in [0.1, 0.15) is 0 Å². The molecule has 23 heavy (non-hydrogen) atoms. The highest BCUT2D eigenvalue weighted by Crippen LogP contribution is 2.22. The maximum Gasteiger partial charge on any atom is 0.229 e. The van der Waals surface area contributed by atoms with E-state index in [1.165, 1.54) is 0 Å². The topological polar surface area (TPSA) is 49.8 Å². The minimum atomic E-state index is 0.559. The third-order valence-electron chi connectivity index (χ3n) is 3.25. The van der Waals surface area contributed by atoms with Crippen molar-refractivity contribution in [1.82, 2.24) is 9.97 Å². The molecule has 3 rings (SSSR count). The molecule has 0 aliphatic heterocycles. The van der Waals surface area contributed by atoms with Crippen LogP contribution in [0, 0.1) is 0 Å². The summed E-state index contributed by atoms with van der Waals surface area (Å²) in [7, 11) is 0. The quantitative estimate of drug-likeness (QED) is 0.659. The van der Waals surface area contributed by atoms with E-state index in [1.807, 2.05) is 66.7 Å². The molecule has 0 saturated carbocycles. The monoisotopic (exact) mass is 302 g/mol. The average molecular weight is 302 g/mol. The van der Waals surface area contributed by atoms with Crippen LogP contribution in [0.3, 0.4) is 0 Å². The molecule has 0 spiro atoms. The molecule has 0 fully saturated rings. The summed E-state index contributed by atoms with van der Waals surface area (Å²) in [5, 5.41) is 6.46. The molecule has 2 aromatic carbocycles. The summed E-state index contributed by atoms with van der Waals surface area (Å²) in [6.07, 6.45) is 1.80. The first-order valence-corrected chi connectivity index (χ1v) is 7.46. The van der Waals surface area contributed by atoms with Crippen LogP contribution < -0.4 is 10.6 Å². The first-order valence-electron chi connectivity index (χ1n) is 7.46. The lowest BCUT2D eigenvalue weighted by Crippen LogP contribution is -2.05. The first-order chi connectivity index (χ1) is 11.3. The Hall–Kier alpha value is -3.14. The van der Waals surface area contributed by atoms with Crippen molar-refractivity contribution >= 4 is 17.5 Å². The summed E-state index contributed by atoms with van der Waals surface area (Å²) in [4.78, 5) is 9.13. The second-order valence-electron chi connectivity index (χ2n) is 4.99. The summed E-state index contributed by atoms with van der Waals surface area (Å²) in [5.41, 5.74) is 2.87. The Morgan fingerprint density at radius 2 is 1.61 bits per heavy atom. The van der Waals surface area contributed by atoms with E-state index in [2.05, 4.69) is 27.2 Å². The number of aromatic nitrogens is 2. The second-order valence-corrected chi connectivity index (χ2v) is 4.99. The van der Waals surface area contributed by atoms with E-state index in [0.717, 1.165) is 22.8 Å². The normalized spacial score (nSPS) is 10.1. The molecule has 0 aliphatic rings. The van der Waals surface area contributed by atoms with Crippen molar-refractivity contribution in [2.24, 2.45) is 0 Å². The number of rotatable bonds is 6. The Bertz CT molecular complexity index is 770. The van der Waals surface area contributed by atoms with Crippen molar-refractivity contribution < 1.29 is 0 Å². The van der Waals surface area contributed by atoms with Crippen molar-refractivity contribution in [3.8, 4) is 11.3 Å². The van der Waals surface area contributed by atoms with E-state index < -0.39 is 0 Å². The largest absolute Gasteiger partial charge is 0.366 e. The van der Waals surface area contributed by atoms with Gasteiger partial charge < -0.3 is 10.6 Å². The Balaban J connectivity index is 1.96. The molecule has 114 valence electrons. The molecule has 0 atom stereocenters. The Morgan fingerprint density at radius 1 is 0.913 bits per heavy atom. The molecule has 0 aliphatic carbocycles. The lowest BCUT2D eigenvalue weighted by molar-refractivity contribution is 1.14. The lowest BCUT2D eigenvalue weighted by atomic mass is 10.1. The third-order valence-corrected chi connectivity index (χ3v) is 3.25. The van der Waals surface area contributed by atoms with Gasteiger partial charge in [0.05, 0.1) is 5.69 Å². The Labute approximate surface area is 135 Å². The highest BCUT2D eigenvalue weighted by Gasteiger charge is 2.06. The number of benzene rings is 2. The van der Waals surface area contributed by atoms with Crippen molar-refractivity contribution in [3.05, 3.63) is 79.4 Å². The highest BCUT2D eigenvalue weighted by molar-refractivity contribution is 5.66. The molecule has 4 nitrogen and oxygen atoms in total. The fraction of sp³-hybridized carbons (Fsp3) is 0.0526. The predicted molar refractivity (Wildman–Crippen MR) is 95.9 cm³/mol. The van der Waals surface area contributed by atoms with Gasteiger partial charge in [-0.15, -0.1) is 6.58 Å². The zero-order valence-electron chi connectivity index (χ0n) is 12.7. The van der Waals surface area contributed by atoms with E-state index in [1.54, 1.807) is 6.08 Å². The van der Waals surface area contributed by atoms with Gasteiger partial charge in [-0.05, 0) is 12.1 Å². The van der Waals surface area contributed by atoms with Gasteiger partial charge in [-0.2, -0.15) is 4.98 Å². The molecule has 4 heteroatoms. The van der Waals surface area contributed by atoms with Crippen LogP contribution in [0.25, 0.3) is 11.3 Å². The van der Waals surface area contributed by atoms with E-state index in [9.17, 15) is 0 Å². The molecule has 0 amide bonds. The zero-order valence-corrected chi connectivity index (χ0v) is 12.7. The number of para-hydroxylation sites is 1. The Kier molecular flexibility index (Phi) is 4.64. The second kappa shape index (κ2) is 7.22. The van der Waals surface area contributed by atoms with Gasteiger partial charge in [-0.25, -0.2) is 4.98 Å². The van der Waals surface area contributed by atoms with Crippen LogP contribution in [-0.2, 0) is 0 Å². The maximum atomic E-state index is 4.62. The number of anilines is 3. The number of nitrogens with zero attached hydrogens (tertiary/aromatic N) is 2. The van der Waals surface area contributed by atoms with Gasteiger partial charge in [0.25, 0.3) is 0 Å². The molecule has 0 radical (unpaired) electrons. The number of nitrogens with one attached hydrogen (secondary N) is 2. The smallest absolute Gasteiger partial charge is 0.229 e. The van der Waals surface area contributed by atoms with Gasteiger partial charge in [-0.1, -0.05) is 54.6 Å². The van der Waals surface area contributed by atoms with E-state index in [4.69, 9.17) is 0 Å². The molecule has 2 N–H and O–H groups in total. The van der Waals surface area contributed by atoms with Crippen molar-refractivity contribution in [2.75, 3.05) is 17.2 Å². The zero-order chi connectivity index (χ0) is 15.9. The fourth-order valence-corrected chi connectivity index (χ4v) is 2.18. The number of hydrogen-bond donors (Lipinski definition) is 2. The van der Waals surface area contributed by atoms with E-state index in [0.29, 0.717) is 12.5 Å². The standard InChI is InChI=1S/C19H18N4/c1-2-13-20-18-14-17(15-9-5-3-6-10-15)22-19(23-18)21-16-11-7-4-8-12-16/h2-12,14H,1,13H2,(H2,20,21,22,23). The van der Waals surface area contributed by atoms with Crippen LogP contribution in [0.2, 0.25) is 0 Å². The summed E-state index contributed by atoms with van der Waals surface area (Å²) >= 11 is 0. The van der Waals surface area contributed by atoms with Crippen molar-refractivity contribution in [2.45, 2.75) is 0 Å². The van der Waals surface area contributed by atoms with E-state index >= 15 is 0 Å². The van der Waals surface area contributed by atoms with Crippen LogP contribution in [0.4, 0.5) is 17.5 Å². The van der Waals surface area contributed by atoms with Crippen LogP contribution in [0.15, 0.2) is 79.4 Å². The van der Waals surface area contributed by atoms with E-state index in [-0.39, 0.29) is 0 Å². The molecule has 1 heterocycles. The number of hydrogen-bond acceptors (Lipinski definition) is 4. The van der Waals surface area contributed by atoms with Gasteiger partial charge in [0.15, 0.2) is 0 Å². The van der Waals surface area contributed by atoms with Gasteiger partial charge in [-0.3, -0.25) is 0 Å². The van der Waals surface area contributed by atoms with Crippen LogP contribution in [0.5, 0.6) is 0 Å². The summed E-state index contributed by atoms with van der Waals surface area (Å²) < 4.78 is 0. The van der Waals surface area contributed by atoms with Gasteiger partial charge >= 0.3 is 0 Å². The highest BCUT2D eigenvalue weighted by atomic mass is 15.1. The third kappa shape index (κ3) is 3.95. The lowest BCUT2D eigenvalue weighted by Gasteiger charge is -2.10. The van der Waals surface area contributed by atoms with Crippen molar-refractivity contribution in [3.63, 3.8) is 0 Å². The summed E-state index contributed by atoms with van der Waals surface area (Å²) in [6, 6.07) is 21.9. The average Bonchev–Trinajstić information content (AvgIpc) is 2.61. The van der Waals surface area contributed by atoms with Gasteiger partial charge in [0.2, 0.25) is 5.95 Å². The Morgan fingerprint density at radius 3 is 2.30 bits per heavy atom. The minimum absolute atomic E-state index is 0.559. The van der Waals surface area contributed by atoms with Crippen LogP contribution >= 0.6 is 0 Å². The van der Waals surface area contributed by atoms with Crippen LogP contribution in [-0.4, -0.2) is 16.5 Å². The summed E-state index contributed by atoms with van der Waals surface area (Å²) in [5.74, 6) is 1.32. The maximum absolute atomic E-state index is 4.62. The van der Waals surface area contributed by atoms with Gasteiger partial charge in [0.1, 0.15) is 5.82 Å². The van der Waals surface area contributed by atoms with Gasteiger partial charge in [0, 0.05) is 23.9 Å². The first kappa shape index (κ1) is 14.8. The minimum Gasteiger partial charge on any atom is -0.366 e. The van der Waals surface area contributed by atoms with Crippen molar-refractivity contribution in [1.29, 1.82) is 0 Å². The SMILES string of the molecule is C=CCNc1cc(-c2ccccc2)nc(Nc2ccccc2)n1. The predicted octanol–water partition coefficient (Wildman–Crippen LogP) is 4.49. The molecular formula is C19H18N4. The molecule has 0 unspecified atom stereocenters. The fourth-order valence-electron chi connectivity index (χ4n) is 2.18.